The number of alkyl halides is 2. The van der Waals surface area contributed by atoms with Gasteiger partial charge in [-0.2, -0.15) is 0 Å². The lowest BCUT2D eigenvalue weighted by Gasteiger charge is -2.11. The lowest BCUT2D eigenvalue weighted by molar-refractivity contribution is -0.148. The number of nitrogens with one attached hydrogen (secondary N) is 1. The number of aromatic nitrogens is 1. The van der Waals surface area contributed by atoms with Crippen molar-refractivity contribution in [3.8, 4) is 0 Å². The Labute approximate surface area is 149 Å². The topological polar surface area (TPSA) is 85.5 Å². The molecule has 0 spiro atoms. The zero-order valence-corrected chi connectivity index (χ0v) is 15.4. The highest BCUT2D eigenvalue weighted by atomic mass is 35.5. The highest BCUT2D eigenvalue weighted by Gasteiger charge is 2.69. The molecule has 1 N–H and O–H groups in total. The number of hydrogen-bond donors (Lipinski definition) is 1. The zero-order chi connectivity index (χ0) is 18.3. The van der Waals surface area contributed by atoms with E-state index in [-0.39, 0.29) is 18.7 Å². The molecule has 1 aromatic heterocycles. The summed E-state index contributed by atoms with van der Waals surface area (Å²) in [6.07, 6.45) is 0.282. The number of H-pyrrole nitrogens is 1. The van der Waals surface area contributed by atoms with Crippen molar-refractivity contribution in [3.05, 3.63) is 22.5 Å². The van der Waals surface area contributed by atoms with E-state index in [1.807, 2.05) is 0 Å². The molecule has 0 saturated heterocycles. The molecule has 132 valence electrons. The summed E-state index contributed by atoms with van der Waals surface area (Å²) in [4.78, 5) is 39.1. The van der Waals surface area contributed by atoms with E-state index in [1.165, 1.54) is 0 Å². The lowest BCUT2D eigenvalue weighted by Crippen LogP contribution is -2.24. The summed E-state index contributed by atoms with van der Waals surface area (Å²) in [6.45, 7) is 6.37. The number of rotatable bonds is 6. The standard InChI is InChI=1S/C16H19Cl2NO5/c1-5-23-13(21)11-8(2)12(19-9(11)3)10(20)6-24-14(22)15(4)7-16(15,17)18/h19H,5-7H2,1-4H3/t15-/m0/s1. The van der Waals surface area contributed by atoms with Crippen LogP contribution in [0, 0.1) is 19.3 Å². The third-order valence-corrected chi connectivity index (χ3v) is 5.34. The van der Waals surface area contributed by atoms with Crippen LogP contribution in [0.3, 0.4) is 0 Å². The van der Waals surface area contributed by atoms with Gasteiger partial charge in [-0.15, -0.1) is 23.2 Å². The maximum atomic E-state index is 12.3. The van der Waals surface area contributed by atoms with Crippen LogP contribution in [-0.2, 0) is 14.3 Å². The van der Waals surface area contributed by atoms with Crippen molar-refractivity contribution in [2.45, 2.75) is 38.4 Å². The zero-order valence-electron chi connectivity index (χ0n) is 13.9. The molecular weight excluding hydrogens is 357 g/mol. The molecule has 2 rings (SSSR count). The fourth-order valence-electron chi connectivity index (χ4n) is 2.52. The molecule has 0 bridgehead atoms. The molecule has 1 aliphatic carbocycles. The van der Waals surface area contributed by atoms with E-state index < -0.39 is 34.1 Å². The highest BCUT2D eigenvalue weighted by Crippen LogP contribution is 2.64. The van der Waals surface area contributed by atoms with Crippen molar-refractivity contribution in [1.82, 2.24) is 4.98 Å². The number of halogens is 2. The smallest absolute Gasteiger partial charge is 0.340 e. The van der Waals surface area contributed by atoms with Gasteiger partial charge in [-0.3, -0.25) is 9.59 Å². The second-order valence-electron chi connectivity index (χ2n) is 6.06. The molecule has 1 aliphatic rings. The second kappa shape index (κ2) is 6.41. The minimum absolute atomic E-state index is 0.215. The average Bonchev–Trinajstić information content (AvgIpc) is 2.85. The SMILES string of the molecule is CCOC(=O)c1c(C)[nH]c(C(=O)COC(=O)[C@]2(C)CC2(Cl)Cl)c1C. The molecule has 0 unspecified atom stereocenters. The number of carbonyl (C=O) groups excluding carboxylic acids is 3. The third kappa shape index (κ3) is 3.17. The molecule has 6 nitrogen and oxygen atoms in total. The largest absolute Gasteiger partial charge is 0.462 e. The van der Waals surface area contributed by atoms with Crippen molar-refractivity contribution in [1.29, 1.82) is 0 Å². The first kappa shape index (κ1) is 18.8. The van der Waals surface area contributed by atoms with Gasteiger partial charge in [0.05, 0.1) is 17.9 Å². The number of ketones is 1. The van der Waals surface area contributed by atoms with Gasteiger partial charge < -0.3 is 14.5 Å². The minimum atomic E-state index is -1.15. The van der Waals surface area contributed by atoms with Crippen molar-refractivity contribution in [2.75, 3.05) is 13.2 Å². The van der Waals surface area contributed by atoms with Gasteiger partial charge in [-0.25, -0.2) is 4.79 Å². The van der Waals surface area contributed by atoms with Gasteiger partial charge >= 0.3 is 11.9 Å². The van der Waals surface area contributed by atoms with Gasteiger partial charge in [-0.1, -0.05) is 0 Å². The summed E-state index contributed by atoms with van der Waals surface area (Å²) < 4.78 is 8.86. The Morgan fingerprint density at radius 3 is 2.29 bits per heavy atom. The molecule has 1 heterocycles. The first-order valence-corrected chi connectivity index (χ1v) is 8.25. The fraction of sp³-hybridized carbons (Fsp3) is 0.562. The van der Waals surface area contributed by atoms with Crippen LogP contribution >= 0.6 is 23.2 Å². The summed E-state index contributed by atoms with van der Waals surface area (Å²) in [5.74, 6) is -1.56. The number of esters is 2. The van der Waals surface area contributed by atoms with Crippen molar-refractivity contribution >= 4 is 40.9 Å². The van der Waals surface area contributed by atoms with E-state index >= 15 is 0 Å². The van der Waals surface area contributed by atoms with Crippen molar-refractivity contribution < 1.29 is 23.9 Å². The lowest BCUT2D eigenvalue weighted by atomic mass is 10.1. The number of aryl methyl sites for hydroxylation is 1. The Morgan fingerprint density at radius 1 is 1.21 bits per heavy atom. The molecule has 1 aromatic rings. The van der Waals surface area contributed by atoms with Crippen LogP contribution in [0.5, 0.6) is 0 Å². The monoisotopic (exact) mass is 375 g/mol. The maximum absolute atomic E-state index is 12.3. The minimum Gasteiger partial charge on any atom is -0.462 e. The molecule has 1 saturated carbocycles. The summed E-state index contributed by atoms with van der Waals surface area (Å²) in [5, 5.41) is 0. The Hall–Kier alpha value is -1.53. The predicted molar refractivity (Wildman–Crippen MR) is 88.7 cm³/mol. The van der Waals surface area contributed by atoms with E-state index in [4.69, 9.17) is 32.7 Å². The van der Waals surface area contributed by atoms with Gasteiger partial charge in [0.15, 0.2) is 6.61 Å². The van der Waals surface area contributed by atoms with E-state index in [9.17, 15) is 14.4 Å². The molecular formula is C16H19Cl2NO5. The molecule has 24 heavy (non-hydrogen) atoms. The number of hydrogen-bond acceptors (Lipinski definition) is 5. The molecule has 0 amide bonds. The van der Waals surface area contributed by atoms with Gasteiger partial charge in [0, 0.05) is 12.1 Å². The van der Waals surface area contributed by atoms with Gasteiger partial charge in [0.25, 0.3) is 0 Å². The van der Waals surface area contributed by atoms with E-state index in [0.29, 0.717) is 16.8 Å². The van der Waals surface area contributed by atoms with E-state index in [2.05, 4.69) is 4.98 Å². The van der Waals surface area contributed by atoms with Crippen LogP contribution < -0.4 is 0 Å². The predicted octanol–water partition coefficient (Wildman–Crippen LogP) is 3.12. The van der Waals surface area contributed by atoms with Gasteiger partial charge in [0.1, 0.15) is 9.75 Å². The Bertz CT molecular complexity index is 710. The van der Waals surface area contributed by atoms with Crippen LogP contribution in [0.2, 0.25) is 0 Å². The van der Waals surface area contributed by atoms with Gasteiger partial charge in [-0.05, 0) is 33.3 Å². The molecule has 1 atom stereocenters. The molecule has 8 heteroatoms. The molecule has 0 aliphatic heterocycles. The quantitative estimate of drug-likeness (QED) is 0.468. The summed E-state index contributed by atoms with van der Waals surface area (Å²) >= 11 is 11.8. The Balaban J connectivity index is 2.07. The van der Waals surface area contributed by atoms with Crippen molar-refractivity contribution in [3.63, 3.8) is 0 Å². The van der Waals surface area contributed by atoms with Crippen LogP contribution in [0.1, 0.15) is 52.4 Å². The molecule has 1 fully saturated rings. The Morgan fingerprint density at radius 2 is 1.79 bits per heavy atom. The maximum Gasteiger partial charge on any atom is 0.340 e. The third-order valence-electron chi connectivity index (χ3n) is 4.24. The Kier molecular flexibility index (Phi) is 5.02. The normalized spacial score (nSPS) is 21.2. The summed E-state index contributed by atoms with van der Waals surface area (Å²) in [6, 6.07) is 0. The summed E-state index contributed by atoms with van der Waals surface area (Å²) in [7, 11) is 0. The number of carbonyl (C=O) groups is 3. The fourth-order valence-corrected chi connectivity index (χ4v) is 3.21. The molecule has 0 radical (unpaired) electrons. The van der Waals surface area contributed by atoms with Crippen LogP contribution in [-0.4, -0.2) is 40.3 Å². The van der Waals surface area contributed by atoms with Crippen LogP contribution in [0.25, 0.3) is 0 Å². The second-order valence-corrected chi connectivity index (χ2v) is 7.54. The number of Topliss-reactive ketones (excluding diaryl/α,β-unsaturated/α-hetero) is 1. The van der Waals surface area contributed by atoms with E-state index in [0.717, 1.165) is 0 Å². The van der Waals surface area contributed by atoms with Crippen LogP contribution in [0.15, 0.2) is 0 Å². The highest BCUT2D eigenvalue weighted by molar-refractivity contribution is 6.53. The van der Waals surface area contributed by atoms with Crippen LogP contribution in [0.4, 0.5) is 0 Å². The first-order chi connectivity index (χ1) is 11.0. The summed E-state index contributed by atoms with van der Waals surface area (Å²) in [5.41, 5.74) is 0.533. The van der Waals surface area contributed by atoms with E-state index in [1.54, 1.807) is 27.7 Å². The number of ether oxygens (including phenoxy) is 2. The first-order valence-electron chi connectivity index (χ1n) is 7.49. The van der Waals surface area contributed by atoms with Gasteiger partial charge in [0.2, 0.25) is 5.78 Å². The van der Waals surface area contributed by atoms with Crippen molar-refractivity contribution in [2.24, 2.45) is 5.41 Å². The molecule has 0 aromatic carbocycles. The number of aromatic amines is 1. The average molecular weight is 376 g/mol.